The van der Waals surface area contributed by atoms with Gasteiger partial charge in [-0.3, -0.25) is 0 Å². The molecular formula is C10H7F3S. The van der Waals surface area contributed by atoms with Crippen LogP contribution in [0.1, 0.15) is 11.1 Å². The summed E-state index contributed by atoms with van der Waals surface area (Å²) >= 11 is -0.327. The number of thioether (sulfide) groups is 1. The summed E-state index contributed by atoms with van der Waals surface area (Å²) in [5.41, 5.74) is -2.70. The minimum atomic E-state index is -4.28. The molecule has 0 fully saturated rings. The molecule has 0 saturated heterocycles. The fourth-order valence-corrected chi connectivity index (χ4v) is 1.15. The molecule has 0 aliphatic carbocycles. The first-order valence-electron chi connectivity index (χ1n) is 3.80. The van der Waals surface area contributed by atoms with E-state index in [4.69, 9.17) is 0 Å². The van der Waals surface area contributed by atoms with E-state index in [0.717, 1.165) is 5.56 Å². The standard InChI is InChI=1S/C10H7F3S/c1-8-3-2-4-9(7-8)5-6-14-10(11,12)13/h2-4,7H,1H3. The fraction of sp³-hybridized carbons (Fsp3) is 0.200. The maximum absolute atomic E-state index is 11.7. The van der Waals surface area contributed by atoms with Gasteiger partial charge in [0.05, 0.1) is 0 Å². The summed E-state index contributed by atoms with van der Waals surface area (Å²) in [7, 11) is 0. The Morgan fingerprint density at radius 3 is 2.57 bits per heavy atom. The van der Waals surface area contributed by atoms with E-state index in [0.29, 0.717) is 5.56 Å². The molecule has 0 spiro atoms. The highest BCUT2D eigenvalue weighted by Crippen LogP contribution is 2.28. The molecule has 0 unspecified atom stereocenters. The van der Waals surface area contributed by atoms with Crippen LogP contribution in [0.2, 0.25) is 0 Å². The van der Waals surface area contributed by atoms with Gasteiger partial charge >= 0.3 is 5.51 Å². The van der Waals surface area contributed by atoms with Crippen LogP contribution in [0.3, 0.4) is 0 Å². The SMILES string of the molecule is Cc1cccc(C#CSC(F)(F)F)c1. The first-order chi connectivity index (χ1) is 6.47. The lowest BCUT2D eigenvalue weighted by Gasteiger charge is -1.96. The number of benzene rings is 1. The molecule has 0 aromatic heterocycles. The van der Waals surface area contributed by atoms with Crippen LogP contribution >= 0.6 is 11.8 Å². The zero-order valence-electron chi connectivity index (χ0n) is 7.35. The lowest BCUT2D eigenvalue weighted by Crippen LogP contribution is -1.96. The molecule has 0 amide bonds. The lowest BCUT2D eigenvalue weighted by molar-refractivity contribution is -0.0318. The predicted octanol–water partition coefficient (Wildman–Crippen LogP) is 3.56. The number of halogens is 3. The molecule has 74 valence electrons. The molecule has 0 nitrogen and oxygen atoms in total. The van der Waals surface area contributed by atoms with Crippen molar-refractivity contribution in [3.63, 3.8) is 0 Å². The zero-order valence-corrected chi connectivity index (χ0v) is 8.17. The molecule has 0 bridgehead atoms. The molecule has 1 aromatic carbocycles. The van der Waals surface area contributed by atoms with E-state index in [1.54, 1.807) is 18.2 Å². The molecule has 14 heavy (non-hydrogen) atoms. The maximum atomic E-state index is 11.7. The lowest BCUT2D eigenvalue weighted by atomic mass is 10.1. The third-order valence-corrected chi connectivity index (χ3v) is 1.82. The molecule has 1 aromatic rings. The summed E-state index contributed by atoms with van der Waals surface area (Å²) in [5.74, 6) is 2.43. The summed E-state index contributed by atoms with van der Waals surface area (Å²) in [4.78, 5) is 0. The molecule has 1 rings (SSSR count). The van der Waals surface area contributed by atoms with Crippen molar-refractivity contribution >= 4 is 11.8 Å². The average molecular weight is 216 g/mol. The average Bonchev–Trinajstić information content (AvgIpc) is 2.01. The third-order valence-electron chi connectivity index (χ3n) is 1.38. The predicted molar refractivity (Wildman–Crippen MR) is 51.7 cm³/mol. The normalized spacial score (nSPS) is 10.6. The van der Waals surface area contributed by atoms with Gasteiger partial charge in [0.1, 0.15) is 0 Å². The zero-order chi connectivity index (χ0) is 10.6. The van der Waals surface area contributed by atoms with Crippen molar-refractivity contribution in [1.82, 2.24) is 0 Å². The van der Waals surface area contributed by atoms with Crippen LogP contribution in [-0.4, -0.2) is 5.51 Å². The van der Waals surface area contributed by atoms with Crippen LogP contribution in [0.4, 0.5) is 13.2 Å². The van der Waals surface area contributed by atoms with Crippen molar-refractivity contribution in [2.75, 3.05) is 0 Å². The molecule has 0 radical (unpaired) electrons. The molecule has 0 heterocycles. The smallest absolute Gasteiger partial charge is 0.160 e. The highest BCUT2D eigenvalue weighted by Gasteiger charge is 2.27. The largest absolute Gasteiger partial charge is 0.453 e. The van der Waals surface area contributed by atoms with Crippen molar-refractivity contribution in [3.05, 3.63) is 35.4 Å². The number of hydrogen-bond donors (Lipinski definition) is 0. The Hall–Kier alpha value is -1.08. The van der Waals surface area contributed by atoms with Crippen LogP contribution < -0.4 is 0 Å². The van der Waals surface area contributed by atoms with E-state index < -0.39 is 5.51 Å². The first kappa shape index (κ1) is 11.0. The van der Waals surface area contributed by atoms with Gasteiger partial charge in [0.2, 0.25) is 0 Å². The van der Waals surface area contributed by atoms with Gasteiger partial charge in [-0.25, -0.2) is 0 Å². The fourth-order valence-electron chi connectivity index (χ4n) is 0.865. The highest BCUT2D eigenvalue weighted by molar-refractivity contribution is 8.04. The Kier molecular flexibility index (Phi) is 3.48. The van der Waals surface area contributed by atoms with Crippen molar-refractivity contribution < 1.29 is 13.2 Å². The van der Waals surface area contributed by atoms with Gasteiger partial charge in [-0.05, 0) is 29.9 Å². The topological polar surface area (TPSA) is 0 Å². The van der Waals surface area contributed by atoms with Gasteiger partial charge < -0.3 is 0 Å². The van der Waals surface area contributed by atoms with Gasteiger partial charge in [-0.1, -0.05) is 18.1 Å². The van der Waals surface area contributed by atoms with Crippen molar-refractivity contribution in [3.8, 4) is 11.2 Å². The molecule has 4 heteroatoms. The Labute approximate surface area is 84.5 Å². The van der Waals surface area contributed by atoms with E-state index >= 15 is 0 Å². The molecule has 0 aliphatic rings. The summed E-state index contributed by atoms with van der Waals surface area (Å²) in [6, 6.07) is 7.04. The molecular weight excluding hydrogens is 209 g/mol. The van der Waals surface area contributed by atoms with E-state index in [1.807, 2.05) is 18.2 Å². The maximum Gasteiger partial charge on any atom is 0.453 e. The van der Waals surface area contributed by atoms with Crippen LogP contribution in [0.5, 0.6) is 0 Å². The number of aryl methyl sites for hydroxylation is 1. The molecule has 0 N–H and O–H groups in total. The summed E-state index contributed by atoms with van der Waals surface area (Å²) < 4.78 is 35.1. The van der Waals surface area contributed by atoms with Crippen LogP contribution in [0, 0.1) is 18.1 Å². The van der Waals surface area contributed by atoms with E-state index in [2.05, 4.69) is 5.92 Å². The Morgan fingerprint density at radius 1 is 1.29 bits per heavy atom. The summed E-state index contributed by atoms with van der Waals surface area (Å²) in [6.07, 6.45) is 0. The van der Waals surface area contributed by atoms with Gasteiger partial charge in [0.15, 0.2) is 0 Å². The minimum Gasteiger partial charge on any atom is -0.160 e. The molecule has 0 atom stereocenters. The van der Waals surface area contributed by atoms with E-state index in [9.17, 15) is 13.2 Å². The van der Waals surface area contributed by atoms with Crippen molar-refractivity contribution in [1.29, 1.82) is 0 Å². The van der Waals surface area contributed by atoms with E-state index in [-0.39, 0.29) is 11.8 Å². The first-order valence-corrected chi connectivity index (χ1v) is 4.61. The summed E-state index contributed by atoms with van der Waals surface area (Å²) in [6.45, 7) is 1.86. The number of hydrogen-bond acceptors (Lipinski definition) is 1. The second-order valence-electron chi connectivity index (χ2n) is 2.64. The summed E-state index contributed by atoms with van der Waals surface area (Å²) in [5, 5.41) is 2.01. The third kappa shape index (κ3) is 4.24. The minimum absolute atomic E-state index is 0.327. The molecule has 0 aliphatic heterocycles. The van der Waals surface area contributed by atoms with Crippen LogP contribution in [-0.2, 0) is 0 Å². The van der Waals surface area contributed by atoms with Crippen LogP contribution in [0.15, 0.2) is 24.3 Å². The van der Waals surface area contributed by atoms with Crippen molar-refractivity contribution in [2.24, 2.45) is 0 Å². The Morgan fingerprint density at radius 2 is 2.00 bits per heavy atom. The van der Waals surface area contributed by atoms with Gasteiger partial charge in [0.25, 0.3) is 0 Å². The van der Waals surface area contributed by atoms with Gasteiger partial charge in [-0.15, -0.1) is 0 Å². The Balaban J connectivity index is 2.69. The van der Waals surface area contributed by atoms with E-state index in [1.165, 1.54) is 0 Å². The van der Waals surface area contributed by atoms with Crippen molar-refractivity contribution in [2.45, 2.75) is 12.4 Å². The molecule has 0 saturated carbocycles. The quantitative estimate of drug-likeness (QED) is 0.597. The number of alkyl halides is 3. The second kappa shape index (κ2) is 4.43. The highest BCUT2D eigenvalue weighted by atomic mass is 32.2. The van der Waals surface area contributed by atoms with Gasteiger partial charge in [0, 0.05) is 17.3 Å². The monoisotopic (exact) mass is 216 g/mol. The second-order valence-corrected chi connectivity index (χ2v) is 3.52. The van der Waals surface area contributed by atoms with Gasteiger partial charge in [-0.2, -0.15) is 13.2 Å². The van der Waals surface area contributed by atoms with Crippen LogP contribution in [0.25, 0.3) is 0 Å². The Bertz CT molecular complexity index is 371. The number of rotatable bonds is 0.